The Labute approximate surface area is 192 Å². The van der Waals surface area contributed by atoms with Gasteiger partial charge >= 0.3 is 0 Å². The number of halogens is 1. The number of hydrogen-bond acceptors (Lipinski definition) is 4. The quantitative estimate of drug-likeness (QED) is 0.609. The topological polar surface area (TPSA) is 19.0 Å². The van der Waals surface area contributed by atoms with Gasteiger partial charge in [-0.25, -0.2) is 0 Å². The van der Waals surface area contributed by atoms with E-state index in [0.717, 1.165) is 43.7 Å². The number of fused-ring (bicyclic) bond motifs is 1. The van der Waals surface area contributed by atoms with Crippen molar-refractivity contribution in [1.82, 2.24) is 14.7 Å². The monoisotopic (exact) mass is 441 g/mol. The average molecular weight is 442 g/mol. The molecule has 2 heterocycles. The van der Waals surface area contributed by atoms with Crippen LogP contribution in [0, 0.1) is 5.92 Å². The molecule has 0 aliphatic carbocycles. The van der Waals surface area contributed by atoms with E-state index in [0.29, 0.717) is 12.0 Å². The van der Waals surface area contributed by atoms with Crippen LogP contribution in [-0.2, 0) is 19.6 Å². The summed E-state index contributed by atoms with van der Waals surface area (Å²) in [6, 6.07) is 15.7. The Balaban J connectivity index is 1.49. The Morgan fingerprint density at radius 2 is 1.74 bits per heavy atom. The van der Waals surface area contributed by atoms with E-state index in [1.54, 1.807) is 0 Å². The lowest BCUT2D eigenvalue weighted by atomic mass is 10.0. The van der Waals surface area contributed by atoms with Gasteiger partial charge in [0.15, 0.2) is 0 Å². The van der Waals surface area contributed by atoms with Crippen LogP contribution in [0.15, 0.2) is 42.5 Å². The van der Waals surface area contributed by atoms with Gasteiger partial charge in [-0.1, -0.05) is 43.6 Å². The minimum absolute atomic E-state index is 0.536. The molecular formula is C26H36ClN3O. The normalized spacial score (nSPS) is 19.4. The summed E-state index contributed by atoms with van der Waals surface area (Å²) in [5.41, 5.74) is 4.11. The van der Waals surface area contributed by atoms with Crippen molar-refractivity contribution in [2.75, 3.05) is 33.4 Å². The van der Waals surface area contributed by atoms with Crippen LogP contribution in [0.3, 0.4) is 0 Å². The first-order valence-corrected chi connectivity index (χ1v) is 12.0. The van der Waals surface area contributed by atoms with Gasteiger partial charge in [-0.15, -0.1) is 0 Å². The van der Waals surface area contributed by atoms with Crippen molar-refractivity contribution in [2.24, 2.45) is 5.92 Å². The number of ether oxygens (including phenoxy) is 1. The molecule has 0 amide bonds. The van der Waals surface area contributed by atoms with Gasteiger partial charge in [-0.3, -0.25) is 9.80 Å². The largest absolute Gasteiger partial charge is 0.493 e. The van der Waals surface area contributed by atoms with Crippen molar-refractivity contribution in [3.8, 4) is 5.75 Å². The van der Waals surface area contributed by atoms with Gasteiger partial charge in [0, 0.05) is 30.7 Å². The molecule has 2 aliphatic heterocycles. The van der Waals surface area contributed by atoms with Crippen LogP contribution in [-0.4, -0.2) is 54.2 Å². The third-order valence-electron chi connectivity index (χ3n) is 6.43. The Bertz CT molecular complexity index is 846. The minimum atomic E-state index is 0.536. The average Bonchev–Trinajstić information content (AvgIpc) is 2.92. The fourth-order valence-electron chi connectivity index (χ4n) is 4.64. The summed E-state index contributed by atoms with van der Waals surface area (Å²) < 4.78 is 5.86. The summed E-state index contributed by atoms with van der Waals surface area (Å²) >= 11 is 6.36. The highest BCUT2D eigenvalue weighted by atomic mass is 35.5. The van der Waals surface area contributed by atoms with E-state index in [1.807, 2.05) is 6.07 Å². The van der Waals surface area contributed by atoms with Crippen LogP contribution in [0.1, 0.15) is 43.4 Å². The van der Waals surface area contributed by atoms with Crippen LogP contribution >= 0.6 is 11.6 Å². The molecule has 1 saturated heterocycles. The van der Waals surface area contributed by atoms with E-state index in [-0.39, 0.29) is 0 Å². The highest BCUT2D eigenvalue weighted by molar-refractivity contribution is 6.30. The Kier molecular flexibility index (Phi) is 7.55. The zero-order valence-corrected chi connectivity index (χ0v) is 19.9. The molecule has 31 heavy (non-hydrogen) atoms. The predicted molar refractivity (Wildman–Crippen MR) is 128 cm³/mol. The molecule has 4 nitrogen and oxygen atoms in total. The van der Waals surface area contributed by atoms with Crippen molar-refractivity contribution in [1.29, 1.82) is 0 Å². The molecule has 0 atom stereocenters. The molecule has 5 heteroatoms. The van der Waals surface area contributed by atoms with Crippen molar-refractivity contribution >= 4 is 11.6 Å². The molecule has 0 aromatic heterocycles. The van der Waals surface area contributed by atoms with Gasteiger partial charge in [0.25, 0.3) is 0 Å². The SMILES string of the molecule is CC(C)COc1ccc(CN2Cc3cc(Cl)ccc3CN(C3CCN(C)CC3)C2)cc1. The first-order chi connectivity index (χ1) is 15.0. The lowest BCUT2D eigenvalue weighted by Gasteiger charge is -2.38. The highest BCUT2D eigenvalue weighted by Gasteiger charge is 2.28. The number of likely N-dealkylation sites (tertiary alicyclic amines) is 1. The molecule has 0 bridgehead atoms. The maximum absolute atomic E-state index is 6.36. The second kappa shape index (κ2) is 10.4. The third-order valence-corrected chi connectivity index (χ3v) is 6.67. The first kappa shape index (κ1) is 22.6. The van der Waals surface area contributed by atoms with Crippen LogP contribution in [0.25, 0.3) is 0 Å². The summed E-state index contributed by atoms with van der Waals surface area (Å²) in [5, 5.41) is 0.832. The summed E-state index contributed by atoms with van der Waals surface area (Å²) in [7, 11) is 2.23. The Hall–Kier alpha value is -1.59. The number of benzene rings is 2. The van der Waals surface area contributed by atoms with Crippen molar-refractivity contribution in [3.63, 3.8) is 0 Å². The molecule has 0 spiro atoms. The van der Waals surface area contributed by atoms with E-state index in [1.165, 1.54) is 42.6 Å². The van der Waals surface area contributed by atoms with Crippen LogP contribution < -0.4 is 4.74 Å². The lowest BCUT2D eigenvalue weighted by molar-refractivity contribution is 0.0541. The molecule has 0 radical (unpaired) electrons. The van der Waals surface area contributed by atoms with Crippen molar-refractivity contribution < 1.29 is 4.74 Å². The summed E-state index contributed by atoms with van der Waals surface area (Å²) in [6.45, 7) is 11.4. The Morgan fingerprint density at radius 1 is 1.00 bits per heavy atom. The van der Waals surface area contributed by atoms with Crippen LogP contribution in [0.2, 0.25) is 5.02 Å². The molecule has 4 rings (SSSR count). The second-order valence-corrected chi connectivity index (χ2v) is 10.1. The third kappa shape index (κ3) is 6.23. The fourth-order valence-corrected chi connectivity index (χ4v) is 4.83. The lowest BCUT2D eigenvalue weighted by Crippen LogP contribution is -2.46. The van der Waals surface area contributed by atoms with Crippen LogP contribution in [0.5, 0.6) is 5.75 Å². The predicted octanol–water partition coefficient (Wildman–Crippen LogP) is 5.24. The number of piperidine rings is 1. The van der Waals surface area contributed by atoms with Gasteiger partial charge in [-0.2, -0.15) is 0 Å². The summed E-state index contributed by atoms with van der Waals surface area (Å²) in [6.07, 6.45) is 2.49. The van der Waals surface area contributed by atoms with E-state index in [2.05, 4.69) is 72.0 Å². The molecule has 2 aromatic rings. The van der Waals surface area contributed by atoms with Crippen molar-refractivity contribution in [2.45, 2.75) is 52.4 Å². The molecule has 2 aromatic carbocycles. The molecule has 0 saturated carbocycles. The molecule has 0 N–H and O–H groups in total. The Morgan fingerprint density at radius 3 is 2.45 bits per heavy atom. The maximum Gasteiger partial charge on any atom is 0.119 e. The molecule has 0 unspecified atom stereocenters. The standard InChI is InChI=1S/C26H36ClN3O/c1-20(2)18-31-26-8-4-21(5-9-26)15-29-16-23-14-24(27)7-6-22(23)17-30(19-29)25-10-12-28(3)13-11-25/h4-9,14,20,25H,10-13,15-19H2,1-3H3. The van der Waals surface area contributed by atoms with E-state index in [4.69, 9.17) is 16.3 Å². The van der Waals surface area contributed by atoms with E-state index < -0.39 is 0 Å². The van der Waals surface area contributed by atoms with Gasteiger partial charge in [-0.05, 0) is 79.9 Å². The second-order valence-electron chi connectivity index (χ2n) is 9.67. The molecule has 2 aliphatic rings. The van der Waals surface area contributed by atoms with E-state index in [9.17, 15) is 0 Å². The zero-order chi connectivity index (χ0) is 21.8. The zero-order valence-electron chi connectivity index (χ0n) is 19.2. The number of rotatable bonds is 6. The highest BCUT2D eigenvalue weighted by Crippen LogP contribution is 2.27. The summed E-state index contributed by atoms with van der Waals surface area (Å²) in [4.78, 5) is 7.69. The maximum atomic E-state index is 6.36. The fraction of sp³-hybridized carbons (Fsp3) is 0.538. The number of nitrogens with zero attached hydrogens (tertiary/aromatic N) is 3. The van der Waals surface area contributed by atoms with E-state index >= 15 is 0 Å². The van der Waals surface area contributed by atoms with Gasteiger partial charge in [0.2, 0.25) is 0 Å². The minimum Gasteiger partial charge on any atom is -0.493 e. The van der Waals surface area contributed by atoms with Crippen LogP contribution in [0.4, 0.5) is 0 Å². The number of hydrogen-bond donors (Lipinski definition) is 0. The molecule has 168 valence electrons. The smallest absolute Gasteiger partial charge is 0.119 e. The first-order valence-electron chi connectivity index (χ1n) is 11.6. The van der Waals surface area contributed by atoms with Gasteiger partial charge < -0.3 is 9.64 Å². The molecular weight excluding hydrogens is 406 g/mol. The molecule has 1 fully saturated rings. The van der Waals surface area contributed by atoms with Gasteiger partial charge in [0.05, 0.1) is 13.3 Å². The summed E-state index contributed by atoms with van der Waals surface area (Å²) in [5.74, 6) is 1.49. The van der Waals surface area contributed by atoms with Gasteiger partial charge in [0.1, 0.15) is 5.75 Å². The van der Waals surface area contributed by atoms with Crippen molar-refractivity contribution in [3.05, 3.63) is 64.2 Å².